The first-order chi connectivity index (χ1) is 9.17. The van der Waals surface area contributed by atoms with Crippen LogP contribution in [0.25, 0.3) is 0 Å². The number of ether oxygens (including phenoxy) is 2. The highest BCUT2D eigenvalue weighted by Crippen LogP contribution is 2.43. The normalized spacial score (nSPS) is 16.4. The van der Waals surface area contributed by atoms with E-state index in [1.165, 1.54) is 7.11 Å². The Labute approximate surface area is 121 Å². The van der Waals surface area contributed by atoms with Crippen molar-refractivity contribution >= 4 is 15.9 Å². The zero-order valence-corrected chi connectivity index (χ0v) is 12.8. The van der Waals surface area contributed by atoms with Gasteiger partial charge in [-0.25, -0.2) is 0 Å². The van der Waals surface area contributed by atoms with Crippen LogP contribution in [0.4, 0.5) is 0 Å². The van der Waals surface area contributed by atoms with Crippen LogP contribution in [-0.4, -0.2) is 50.4 Å². The number of aromatic hydroxyl groups is 1. The second-order valence-electron chi connectivity index (χ2n) is 4.45. The lowest BCUT2D eigenvalue weighted by molar-refractivity contribution is 0.228. The van der Waals surface area contributed by atoms with E-state index >= 15 is 0 Å². The fourth-order valence-electron chi connectivity index (χ4n) is 2.23. The van der Waals surface area contributed by atoms with E-state index in [-0.39, 0.29) is 5.75 Å². The van der Waals surface area contributed by atoms with E-state index in [0.717, 1.165) is 36.2 Å². The van der Waals surface area contributed by atoms with Crippen LogP contribution < -0.4 is 14.8 Å². The number of phenols is 1. The number of nitrogens with one attached hydrogen (secondary N) is 1. The van der Waals surface area contributed by atoms with Gasteiger partial charge in [-0.1, -0.05) is 15.9 Å². The van der Waals surface area contributed by atoms with Crippen molar-refractivity contribution in [2.45, 2.75) is 6.54 Å². The van der Waals surface area contributed by atoms with Crippen molar-refractivity contribution in [2.24, 2.45) is 0 Å². The Morgan fingerprint density at radius 1 is 1.32 bits per heavy atom. The van der Waals surface area contributed by atoms with Crippen LogP contribution in [0.1, 0.15) is 5.56 Å². The molecule has 6 heteroatoms. The molecule has 2 N–H and O–H groups in total. The Bertz CT molecular complexity index is 448. The maximum Gasteiger partial charge on any atom is 0.203 e. The maximum absolute atomic E-state index is 10.3. The Kier molecular flexibility index (Phi) is 4.90. The molecule has 0 unspecified atom stereocenters. The van der Waals surface area contributed by atoms with Gasteiger partial charge in [0.2, 0.25) is 5.75 Å². The number of piperazine rings is 1. The van der Waals surface area contributed by atoms with E-state index in [0.29, 0.717) is 18.0 Å². The second-order valence-corrected chi connectivity index (χ2v) is 5.30. The summed E-state index contributed by atoms with van der Waals surface area (Å²) in [5.74, 6) is 1.05. The lowest BCUT2D eigenvalue weighted by atomic mass is 10.1. The molecule has 1 aliphatic rings. The lowest BCUT2D eigenvalue weighted by Gasteiger charge is -2.28. The van der Waals surface area contributed by atoms with Crippen LogP contribution >= 0.6 is 15.9 Å². The summed E-state index contributed by atoms with van der Waals surface area (Å²) >= 11 is 3.49. The molecule has 0 atom stereocenters. The zero-order valence-electron chi connectivity index (χ0n) is 11.2. The Balaban J connectivity index is 2.28. The largest absolute Gasteiger partial charge is 0.504 e. The summed E-state index contributed by atoms with van der Waals surface area (Å²) < 4.78 is 11.3. The number of benzene rings is 1. The molecule has 1 fully saturated rings. The van der Waals surface area contributed by atoms with Crippen molar-refractivity contribution in [2.75, 3.05) is 40.4 Å². The molecule has 106 valence electrons. The molecule has 0 bridgehead atoms. The van der Waals surface area contributed by atoms with E-state index in [2.05, 4.69) is 26.1 Å². The number of nitrogens with zero attached hydrogens (tertiary/aromatic N) is 1. The average Bonchev–Trinajstić information content (AvgIpc) is 2.44. The Morgan fingerprint density at radius 2 is 2.00 bits per heavy atom. The first-order valence-electron chi connectivity index (χ1n) is 6.22. The molecule has 1 aliphatic heterocycles. The number of halogens is 1. The smallest absolute Gasteiger partial charge is 0.203 e. The van der Waals surface area contributed by atoms with Crippen molar-refractivity contribution in [3.8, 4) is 17.2 Å². The summed E-state index contributed by atoms with van der Waals surface area (Å²) in [6, 6.07) is 1.83. The van der Waals surface area contributed by atoms with E-state index in [9.17, 15) is 5.11 Å². The predicted octanol–water partition coefficient (Wildman–Crippen LogP) is 1.58. The van der Waals surface area contributed by atoms with E-state index in [1.54, 1.807) is 7.11 Å². The van der Waals surface area contributed by atoms with Gasteiger partial charge in [0, 0.05) is 42.8 Å². The van der Waals surface area contributed by atoms with Gasteiger partial charge < -0.3 is 19.9 Å². The topological polar surface area (TPSA) is 54.0 Å². The summed E-state index contributed by atoms with van der Waals surface area (Å²) in [5.41, 5.74) is 0.833. The van der Waals surface area contributed by atoms with Gasteiger partial charge >= 0.3 is 0 Å². The predicted molar refractivity (Wildman–Crippen MR) is 77.1 cm³/mol. The number of phenolic OH excluding ortho intramolecular Hbond substituents is 1. The molecule has 0 amide bonds. The van der Waals surface area contributed by atoms with E-state index in [1.807, 2.05) is 6.07 Å². The van der Waals surface area contributed by atoms with Gasteiger partial charge in [0.1, 0.15) is 0 Å². The molecule has 1 aromatic carbocycles. The summed E-state index contributed by atoms with van der Waals surface area (Å²) in [4.78, 5) is 2.29. The highest BCUT2D eigenvalue weighted by atomic mass is 79.9. The number of hydrogen-bond donors (Lipinski definition) is 2. The third-order valence-electron chi connectivity index (χ3n) is 3.29. The lowest BCUT2D eigenvalue weighted by Crippen LogP contribution is -2.42. The van der Waals surface area contributed by atoms with Crippen LogP contribution in [-0.2, 0) is 6.54 Å². The zero-order chi connectivity index (χ0) is 13.8. The number of hydrogen-bond acceptors (Lipinski definition) is 5. The van der Waals surface area contributed by atoms with Crippen molar-refractivity contribution in [3.05, 3.63) is 16.1 Å². The van der Waals surface area contributed by atoms with Gasteiger partial charge in [-0.2, -0.15) is 0 Å². The van der Waals surface area contributed by atoms with Crippen molar-refractivity contribution in [1.82, 2.24) is 10.2 Å². The van der Waals surface area contributed by atoms with E-state index in [4.69, 9.17) is 9.47 Å². The molecule has 0 spiro atoms. The van der Waals surface area contributed by atoms with Crippen LogP contribution in [0.5, 0.6) is 17.2 Å². The molecule has 0 aliphatic carbocycles. The van der Waals surface area contributed by atoms with Gasteiger partial charge in [0.25, 0.3) is 0 Å². The third-order valence-corrected chi connectivity index (χ3v) is 3.99. The molecule has 19 heavy (non-hydrogen) atoms. The van der Waals surface area contributed by atoms with E-state index < -0.39 is 0 Å². The highest BCUT2D eigenvalue weighted by molar-refractivity contribution is 9.10. The minimum atomic E-state index is 0.146. The molecule has 1 heterocycles. The van der Waals surface area contributed by atoms with Crippen LogP contribution in [0.2, 0.25) is 0 Å². The standard InChI is InChI=1S/C13H19BrN2O3/c1-18-11-7-10(14)9(12(17)13(11)19-2)8-16-5-3-15-4-6-16/h7,15,17H,3-6,8H2,1-2H3. The van der Waals surface area contributed by atoms with Gasteiger partial charge in [0.05, 0.1) is 14.2 Å². The molecule has 1 saturated heterocycles. The molecule has 0 aromatic heterocycles. The SMILES string of the molecule is COc1cc(Br)c(CN2CCNCC2)c(O)c1OC. The average molecular weight is 331 g/mol. The molecule has 1 aromatic rings. The third kappa shape index (κ3) is 3.13. The molecule has 2 rings (SSSR count). The summed E-state index contributed by atoms with van der Waals surface area (Å²) in [5, 5.41) is 13.6. The van der Waals surface area contributed by atoms with Gasteiger partial charge in [-0.05, 0) is 6.07 Å². The van der Waals surface area contributed by atoms with Crippen LogP contribution in [0.15, 0.2) is 10.5 Å². The second kappa shape index (κ2) is 6.45. The first kappa shape index (κ1) is 14.4. The molecule has 0 saturated carbocycles. The fourth-order valence-corrected chi connectivity index (χ4v) is 2.75. The minimum absolute atomic E-state index is 0.146. The van der Waals surface area contributed by atoms with Gasteiger partial charge in [0.15, 0.2) is 11.5 Å². The van der Waals surface area contributed by atoms with Crippen molar-refractivity contribution in [1.29, 1.82) is 0 Å². The van der Waals surface area contributed by atoms with Crippen molar-refractivity contribution in [3.63, 3.8) is 0 Å². The Morgan fingerprint density at radius 3 is 2.58 bits per heavy atom. The number of rotatable bonds is 4. The minimum Gasteiger partial charge on any atom is -0.504 e. The molecule has 5 nitrogen and oxygen atoms in total. The first-order valence-corrected chi connectivity index (χ1v) is 7.02. The van der Waals surface area contributed by atoms with Gasteiger partial charge in [-0.15, -0.1) is 0 Å². The fraction of sp³-hybridized carbons (Fsp3) is 0.538. The van der Waals surface area contributed by atoms with Crippen LogP contribution in [0, 0.1) is 0 Å². The molecular formula is C13H19BrN2O3. The monoisotopic (exact) mass is 330 g/mol. The summed E-state index contributed by atoms with van der Waals surface area (Å²) in [6.07, 6.45) is 0. The molecular weight excluding hydrogens is 312 g/mol. The quantitative estimate of drug-likeness (QED) is 0.877. The molecule has 0 radical (unpaired) electrons. The summed E-state index contributed by atoms with van der Waals surface area (Å²) in [7, 11) is 3.08. The number of methoxy groups -OCH3 is 2. The van der Waals surface area contributed by atoms with Gasteiger partial charge in [-0.3, -0.25) is 4.90 Å². The highest BCUT2D eigenvalue weighted by Gasteiger charge is 2.20. The van der Waals surface area contributed by atoms with Crippen LogP contribution in [0.3, 0.4) is 0 Å². The maximum atomic E-state index is 10.3. The Hall–Kier alpha value is -0.980. The van der Waals surface area contributed by atoms with Crippen molar-refractivity contribution < 1.29 is 14.6 Å². The summed E-state index contributed by atoms with van der Waals surface area (Å²) in [6.45, 7) is 4.59.